The summed E-state index contributed by atoms with van der Waals surface area (Å²) in [7, 11) is 0. The zero-order valence-corrected chi connectivity index (χ0v) is 13.4. The van der Waals surface area contributed by atoms with Gasteiger partial charge in [-0.1, -0.05) is 13.0 Å². The maximum absolute atomic E-state index is 14.1. The molecule has 0 radical (unpaired) electrons. The van der Waals surface area contributed by atoms with E-state index in [-0.39, 0.29) is 23.6 Å². The highest BCUT2D eigenvalue weighted by atomic mass is 19.4. The second-order valence-electron chi connectivity index (χ2n) is 5.13. The van der Waals surface area contributed by atoms with E-state index in [2.05, 4.69) is 10.2 Å². The van der Waals surface area contributed by atoms with E-state index in [0.717, 1.165) is 30.3 Å². The number of azo groups is 1. The third kappa shape index (κ3) is 4.98. The second-order valence-corrected chi connectivity index (χ2v) is 5.13. The van der Waals surface area contributed by atoms with Gasteiger partial charge in [-0.15, -0.1) is 10.2 Å². The van der Waals surface area contributed by atoms with Gasteiger partial charge in [0.25, 0.3) is 0 Å². The molecule has 0 spiro atoms. The topological polar surface area (TPSA) is 77.1 Å². The number of benzene rings is 2. The van der Waals surface area contributed by atoms with Gasteiger partial charge in [-0.3, -0.25) is 10.1 Å². The Kier molecular flexibility index (Phi) is 5.86. The highest BCUT2D eigenvalue weighted by Crippen LogP contribution is 2.33. The molecule has 0 N–H and O–H groups in total. The largest absolute Gasteiger partial charge is 0.454 e. The predicted octanol–water partition coefficient (Wildman–Crippen LogP) is 5.73. The Hall–Kier alpha value is -3.04. The quantitative estimate of drug-likeness (QED) is 0.281. The molecule has 2 aromatic carbocycles. The molecule has 0 aliphatic carbocycles. The summed E-state index contributed by atoms with van der Waals surface area (Å²) in [6, 6.07) is 7.35. The summed E-state index contributed by atoms with van der Waals surface area (Å²) in [6.07, 6.45) is -5.66. The summed E-state index contributed by atoms with van der Waals surface area (Å²) in [5, 5.41) is 17.7. The number of nitrogens with zero attached hydrogens (tertiary/aromatic N) is 3. The van der Waals surface area contributed by atoms with Gasteiger partial charge in [0.05, 0.1) is 11.3 Å². The Morgan fingerprint density at radius 3 is 2.54 bits per heavy atom. The van der Waals surface area contributed by atoms with Gasteiger partial charge in [0.1, 0.15) is 5.75 Å². The molecule has 1 atom stereocenters. The maximum Gasteiger partial charge on any atom is 0.416 e. The van der Waals surface area contributed by atoms with E-state index < -0.39 is 28.6 Å². The number of rotatable bonds is 6. The molecule has 0 heterocycles. The normalized spacial score (nSPS) is 13.0. The number of nitro groups is 1. The minimum atomic E-state index is -4.55. The Morgan fingerprint density at radius 2 is 1.96 bits per heavy atom. The Bertz CT molecular complexity index is 825. The molecule has 0 aliphatic heterocycles. The fourth-order valence-corrected chi connectivity index (χ4v) is 1.90. The maximum atomic E-state index is 14.1. The third-order valence-corrected chi connectivity index (χ3v) is 3.22. The van der Waals surface area contributed by atoms with E-state index in [4.69, 9.17) is 4.74 Å². The first-order valence-corrected chi connectivity index (χ1v) is 7.39. The van der Waals surface area contributed by atoms with Gasteiger partial charge in [0, 0.05) is 17.4 Å². The van der Waals surface area contributed by atoms with Crippen molar-refractivity contribution in [2.75, 3.05) is 0 Å². The van der Waals surface area contributed by atoms with Gasteiger partial charge in [-0.25, -0.2) is 4.39 Å². The summed E-state index contributed by atoms with van der Waals surface area (Å²) in [5.74, 6) is -1.40. The van der Waals surface area contributed by atoms with Crippen molar-refractivity contribution in [2.45, 2.75) is 25.7 Å². The molecule has 0 saturated carbocycles. The molecule has 0 amide bonds. The van der Waals surface area contributed by atoms with E-state index >= 15 is 0 Å². The summed E-state index contributed by atoms with van der Waals surface area (Å²) >= 11 is 0. The number of hydrogen-bond acceptors (Lipinski definition) is 5. The first-order chi connectivity index (χ1) is 12.2. The van der Waals surface area contributed by atoms with Crippen molar-refractivity contribution in [1.82, 2.24) is 0 Å². The van der Waals surface area contributed by atoms with Crippen molar-refractivity contribution < 1.29 is 27.2 Å². The summed E-state index contributed by atoms with van der Waals surface area (Å²) in [5.41, 5.74) is -0.912. The Morgan fingerprint density at radius 1 is 1.23 bits per heavy atom. The van der Waals surface area contributed by atoms with Crippen LogP contribution >= 0.6 is 0 Å². The SMILES string of the molecule is CCC(N=Nc1ccc(Oc2cccc(C(F)(F)F)c2)c(F)c1)[N+](=O)[O-]. The summed E-state index contributed by atoms with van der Waals surface area (Å²) in [4.78, 5) is 10.0. The minimum Gasteiger partial charge on any atom is -0.454 e. The van der Waals surface area contributed by atoms with Gasteiger partial charge in [0.2, 0.25) is 0 Å². The third-order valence-electron chi connectivity index (χ3n) is 3.22. The van der Waals surface area contributed by atoms with Crippen molar-refractivity contribution >= 4 is 5.69 Å². The lowest BCUT2D eigenvalue weighted by Gasteiger charge is -2.10. The second kappa shape index (κ2) is 7.89. The van der Waals surface area contributed by atoms with Crippen LogP contribution in [0.1, 0.15) is 18.9 Å². The van der Waals surface area contributed by atoms with Gasteiger partial charge >= 0.3 is 12.3 Å². The van der Waals surface area contributed by atoms with Crippen LogP contribution in [0.5, 0.6) is 11.5 Å². The van der Waals surface area contributed by atoms with Crippen molar-refractivity contribution in [1.29, 1.82) is 0 Å². The molecule has 2 aromatic rings. The van der Waals surface area contributed by atoms with Gasteiger partial charge in [-0.2, -0.15) is 13.2 Å². The highest BCUT2D eigenvalue weighted by Gasteiger charge is 2.30. The van der Waals surface area contributed by atoms with Crippen LogP contribution in [0.25, 0.3) is 0 Å². The summed E-state index contributed by atoms with van der Waals surface area (Å²) < 4.78 is 57.2. The van der Waals surface area contributed by atoms with Crippen molar-refractivity contribution in [2.24, 2.45) is 10.2 Å². The molecule has 0 bridgehead atoms. The lowest BCUT2D eigenvalue weighted by atomic mass is 10.2. The molecule has 138 valence electrons. The Labute approximate surface area is 145 Å². The van der Waals surface area contributed by atoms with Crippen molar-refractivity contribution in [3.05, 3.63) is 64.0 Å². The minimum absolute atomic E-state index is 0.0131. The fourth-order valence-electron chi connectivity index (χ4n) is 1.90. The molecule has 26 heavy (non-hydrogen) atoms. The van der Waals surface area contributed by atoms with E-state index in [0.29, 0.717) is 0 Å². The van der Waals surface area contributed by atoms with Crippen LogP contribution < -0.4 is 4.74 Å². The molecular weight excluding hydrogens is 358 g/mol. The Balaban J connectivity index is 2.18. The van der Waals surface area contributed by atoms with Crippen molar-refractivity contribution in [3.63, 3.8) is 0 Å². The highest BCUT2D eigenvalue weighted by molar-refractivity contribution is 5.44. The average molecular weight is 371 g/mol. The molecule has 2 rings (SSSR count). The first-order valence-electron chi connectivity index (χ1n) is 7.39. The molecule has 0 saturated heterocycles. The van der Waals surface area contributed by atoms with Crippen molar-refractivity contribution in [3.8, 4) is 11.5 Å². The van der Waals surface area contributed by atoms with E-state index in [1.165, 1.54) is 12.1 Å². The smallest absolute Gasteiger partial charge is 0.416 e. The van der Waals surface area contributed by atoms with Crippen LogP contribution in [0.3, 0.4) is 0 Å². The molecular formula is C16H13F4N3O3. The molecule has 6 nitrogen and oxygen atoms in total. The number of alkyl halides is 3. The van der Waals surface area contributed by atoms with E-state index in [9.17, 15) is 27.7 Å². The monoisotopic (exact) mass is 371 g/mol. The van der Waals surface area contributed by atoms with Crippen LogP contribution in [0.2, 0.25) is 0 Å². The zero-order valence-electron chi connectivity index (χ0n) is 13.4. The molecule has 0 aliphatic rings. The number of ether oxygens (including phenoxy) is 1. The lowest BCUT2D eigenvalue weighted by molar-refractivity contribution is -0.521. The van der Waals surface area contributed by atoms with E-state index in [1.54, 1.807) is 6.92 Å². The predicted molar refractivity (Wildman–Crippen MR) is 83.5 cm³/mol. The van der Waals surface area contributed by atoms with Crippen LogP contribution in [0, 0.1) is 15.9 Å². The van der Waals surface area contributed by atoms with Gasteiger partial charge in [-0.05, 0) is 30.3 Å². The van der Waals surface area contributed by atoms with Crippen LogP contribution in [0.15, 0.2) is 52.7 Å². The molecule has 10 heteroatoms. The van der Waals surface area contributed by atoms with Gasteiger partial charge < -0.3 is 4.74 Å². The van der Waals surface area contributed by atoms with Gasteiger partial charge in [0.15, 0.2) is 11.6 Å². The lowest BCUT2D eigenvalue weighted by Crippen LogP contribution is -2.14. The fraction of sp³-hybridized carbons (Fsp3) is 0.250. The molecule has 1 unspecified atom stereocenters. The number of halogens is 4. The summed E-state index contributed by atoms with van der Waals surface area (Å²) in [6.45, 7) is 1.55. The molecule has 0 aromatic heterocycles. The van der Waals surface area contributed by atoms with Crippen LogP contribution in [-0.4, -0.2) is 11.1 Å². The standard InChI is InChI=1S/C16H13F4N3O3/c1-2-15(23(24)25)22-21-11-6-7-14(13(17)9-11)26-12-5-3-4-10(8-12)16(18,19)20/h3-9,15H,2H2,1H3. The first kappa shape index (κ1) is 19.3. The van der Waals surface area contributed by atoms with E-state index in [1.807, 2.05) is 0 Å². The molecule has 0 fully saturated rings. The average Bonchev–Trinajstić information content (AvgIpc) is 2.57. The van der Waals surface area contributed by atoms with Crippen LogP contribution in [0.4, 0.5) is 23.2 Å². The van der Waals surface area contributed by atoms with Crippen LogP contribution in [-0.2, 0) is 6.18 Å². The number of hydrogen-bond donors (Lipinski definition) is 0. The zero-order chi connectivity index (χ0) is 19.3.